The lowest BCUT2D eigenvalue weighted by Gasteiger charge is -2.13. The van der Waals surface area contributed by atoms with Crippen molar-refractivity contribution < 1.29 is 31.9 Å². The zero-order valence-corrected chi connectivity index (χ0v) is 15.5. The van der Waals surface area contributed by atoms with Crippen LogP contribution in [0, 0.1) is 0 Å². The first-order valence-corrected chi connectivity index (χ1v) is 9.20. The molecule has 0 saturated carbocycles. The second kappa shape index (κ2) is 7.19. The average molecular weight is 406 g/mol. The topological polar surface area (TPSA) is 145 Å². The fraction of sp³-hybridized carbons (Fsp3) is 0.118. The van der Waals surface area contributed by atoms with Crippen molar-refractivity contribution in [2.45, 2.75) is 4.90 Å². The minimum Gasteiger partial charge on any atom is -0.465 e. The highest BCUT2D eigenvalue weighted by atomic mass is 32.2. The number of fused-ring (bicyclic) bond motifs is 1. The Kier molecular flexibility index (Phi) is 4.92. The maximum absolute atomic E-state index is 12.8. The number of H-pyrrole nitrogens is 1. The van der Waals surface area contributed by atoms with Gasteiger partial charge in [0.05, 0.1) is 41.4 Å². The SMILES string of the molecule is COC(=O)c1ccc(C(=O)OC)c(NS(=O)(=O)c2ccc3[nH]c(=O)oc3c2)c1. The lowest BCUT2D eigenvalue weighted by Crippen LogP contribution is -2.17. The Labute approximate surface area is 158 Å². The third-order valence-electron chi connectivity index (χ3n) is 3.79. The molecule has 0 aliphatic rings. The molecule has 2 aromatic carbocycles. The fourth-order valence-electron chi connectivity index (χ4n) is 2.46. The molecule has 11 heteroatoms. The Morgan fingerprint density at radius 1 is 1.04 bits per heavy atom. The number of nitrogens with one attached hydrogen (secondary N) is 2. The smallest absolute Gasteiger partial charge is 0.417 e. The number of ether oxygens (including phenoxy) is 2. The molecule has 0 unspecified atom stereocenters. The number of hydrogen-bond acceptors (Lipinski definition) is 8. The van der Waals surface area contributed by atoms with Crippen LogP contribution in [0.3, 0.4) is 0 Å². The van der Waals surface area contributed by atoms with Gasteiger partial charge in [-0.15, -0.1) is 0 Å². The van der Waals surface area contributed by atoms with Crippen LogP contribution < -0.4 is 10.5 Å². The summed E-state index contributed by atoms with van der Waals surface area (Å²) in [5.41, 5.74) is 0.120. The molecule has 0 aliphatic carbocycles. The molecule has 10 nitrogen and oxygen atoms in total. The Balaban J connectivity index is 2.07. The van der Waals surface area contributed by atoms with E-state index < -0.39 is 27.7 Å². The summed E-state index contributed by atoms with van der Waals surface area (Å²) in [6, 6.07) is 7.46. The number of aromatic nitrogens is 1. The van der Waals surface area contributed by atoms with E-state index in [1.165, 1.54) is 31.4 Å². The number of anilines is 1. The van der Waals surface area contributed by atoms with Crippen molar-refractivity contribution >= 4 is 38.7 Å². The van der Waals surface area contributed by atoms with Gasteiger partial charge < -0.3 is 13.9 Å². The van der Waals surface area contributed by atoms with Gasteiger partial charge >= 0.3 is 17.7 Å². The van der Waals surface area contributed by atoms with E-state index in [1.807, 2.05) is 0 Å². The number of methoxy groups -OCH3 is 2. The maximum atomic E-state index is 12.8. The highest BCUT2D eigenvalue weighted by molar-refractivity contribution is 7.92. The second-order valence-corrected chi connectivity index (χ2v) is 7.20. The Hall–Kier alpha value is -3.60. The molecule has 2 N–H and O–H groups in total. The summed E-state index contributed by atoms with van der Waals surface area (Å²) in [4.78, 5) is 37.1. The van der Waals surface area contributed by atoms with Gasteiger partial charge in [0.1, 0.15) is 0 Å². The number of esters is 2. The predicted octanol–water partition coefficient (Wildman–Crippen LogP) is 1.50. The van der Waals surface area contributed by atoms with Crippen molar-refractivity contribution in [1.82, 2.24) is 4.98 Å². The summed E-state index contributed by atoms with van der Waals surface area (Å²) in [6.45, 7) is 0. The molecule has 3 rings (SSSR count). The van der Waals surface area contributed by atoms with Gasteiger partial charge in [-0.25, -0.2) is 22.8 Å². The van der Waals surface area contributed by atoms with Gasteiger partial charge in [0, 0.05) is 6.07 Å². The largest absolute Gasteiger partial charge is 0.465 e. The lowest BCUT2D eigenvalue weighted by atomic mass is 10.1. The molecule has 0 bridgehead atoms. The molecule has 0 amide bonds. The third kappa shape index (κ3) is 3.60. The lowest BCUT2D eigenvalue weighted by molar-refractivity contribution is 0.0587. The number of benzene rings is 2. The monoisotopic (exact) mass is 406 g/mol. The standard InChI is InChI=1S/C17H14N2O8S/c1-25-15(20)9-3-5-11(16(21)26-2)13(7-9)19-28(23,24)10-4-6-12-14(8-10)27-17(22)18-12/h3-8,19H,1-2H3,(H,18,22). The van der Waals surface area contributed by atoms with Crippen molar-refractivity contribution in [2.24, 2.45) is 0 Å². The van der Waals surface area contributed by atoms with Gasteiger partial charge in [-0.3, -0.25) is 9.71 Å². The normalized spacial score (nSPS) is 11.2. The third-order valence-corrected chi connectivity index (χ3v) is 5.16. The average Bonchev–Trinajstić information content (AvgIpc) is 3.05. The van der Waals surface area contributed by atoms with Gasteiger partial charge in [-0.05, 0) is 30.3 Å². The number of sulfonamides is 1. The van der Waals surface area contributed by atoms with E-state index in [1.54, 1.807) is 0 Å². The molecule has 0 radical (unpaired) electrons. The Morgan fingerprint density at radius 3 is 2.43 bits per heavy atom. The number of carbonyl (C=O) groups excluding carboxylic acids is 2. The predicted molar refractivity (Wildman–Crippen MR) is 96.8 cm³/mol. The molecule has 0 fully saturated rings. The minimum atomic E-state index is -4.19. The van der Waals surface area contributed by atoms with Crippen LogP contribution in [0.5, 0.6) is 0 Å². The van der Waals surface area contributed by atoms with Crippen LogP contribution in [0.4, 0.5) is 5.69 Å². The summed E-state index contributed by atoms with van der Waals surface area (Å²) >= 11 is 0. The van der Waals surface area contributed by atoms with Crippen LogP contribution in [0.15, 0.2) is 50.5 Å². The Morgan fingerprint density at radius 2 is 1.75 bits per heavy atom. The first-order valence-electron chi connectivity index (χ1n) is 7.71. The summed E-state index contributed by atoms with van der Waals surface area (Å²) in [5.74, 6) is -2.25. The van der Waals surface area contributed by atoms with Gasteiger partial charge in [0.25, 0.3) is 10.0 Å². The van der Waals surface area contributed by atoms with Crippen molar-refractivity contribution in [3.05, 3.63) is 58.1 Å². The van der Waals surface area contributed by atoms with Crippen molar-refractivity contribution in [2.75, 3.05) is 18.9 Å². The molecule has 0 aliphatic heterocycles. The number of rotatable bonds is 5. The summed E-state index contributed by atoms with van der Waals surface area (Å²) in [5, 5.41) is 0. The first kappa shape index (κ1) is 19.2. The molecule has 3 aromatic rings. The zero-order chi connectivity index (χ0) is 20.5. The van der Waals surface area contributed by atoms with Gasteiger partial charge in [0.2, 0.25) is 0 Å². The van der Waals surface area contributed by atoms with Crippen LogP contribution in [-0.4, -0.2) is 39.6 Å². The zero-order valence-electron chi connectivity index (χ0n) is 14.6. The van der Waals surface area contributed by atoms with E-state index in [0.717, 1.165) is 19.2 Å². The van der Waals surface area contributed by atoms with E-state index in [2.05, 4.69) is 19.2 Å². The van der Waals surface area contributed by atoms with Crippen LogP contribution >= 0.6 is 0 Å². The highest BCUT2D eigenvalue weighted by Crippen LogP contribution is 2.24. The summed E-state index contributed by atoms with van der Waals surface area (Å²) in [7, 11) is -1.89. The molecule has 1 aromatic heterocycles. The molecule has 146 valence electrons. The number of hydrogen-bond donors (Lipinski definition) is 2. The maximum Gasteiger partial charge on any atom is 0.417 e. The van der Waals surface area contributed by atoms with E-state index in [4.69, 9.17) is 4.42 Å². The molecular weight excluding hydrogens is 392 g/mol. The van der Waals surface area contributed by atoms with E-state index in [0.29, 0.717) is 5.52 Å². The molecule has 28 heavy (non-hydrogen) atoms. The van der Waals surface area contributed by atoms with Crippen molar-refractivity contribution in [3.8, 4) is 0 Å². The van der Waals surface area contributed by atoms with Crippen molar-refractivity contribution in [3.63, 3.8) is 0 Å². The number of oxazole rings is 1. The highest BCUT2D eigenvalue weighted by Gasteiger charge is 2.22. The Bertz CT molecular complexity index is 1240. The number of carbonyl (C=O) groups is 2. The van der Waals surface area contributed by atoms with Crippen molar-refractivity contribution in [1.29, 1.82) is 0 Å². The molecule has 1 heterocycles. The first-order chi connectivity index (χ1) is 13.2. The van der Waals surface area contributed by atoms with Gasteiger partial charge in [0.15, 0.2) is 5.58 Å². The van der Waals surface area contributed by atoms with Crippen LogP contribution in [0.25, 0.3) is 11.1 Å². The molecule has 0 spiro atoms. The van der Waals surface area contributed by atoms with E-state index >= 15 is 0 Å². The number of aromatic amines is 1. The van der Waals surface area contributed by atoms with E-state index in [-0.39, 0.29) is 27.3 Å². The van der Waals surface area contributed by atoms with Crippen LogP contribution in [0.1, 0.15) is 20.7 Å². The summed E-state index contributed by atoms with van der Waals surface area (Å²) < 4.78 is 41.9. The van der Waals surface area contributed by atoms with Crippen LogP contribution in [0.2, 0.25) is 0 Å². The molecular formula is C17H14N2O8S. The molecule has 0 saturated heterocycles. The quantitative estimate of drug-likeness (QED) is 0.606. The second-order valence-electron chi connectivity index (χ2n) is 5.52. The van der Waals surface area contributed by atoms with E-state index in [9.17, 15) is 22.8 Å². The molecule has 0 atom stereocenters. The van der Waals surface area contributed by atoms with Gasteiger partial charge in [-0.1, -0.05) is 0 Å². The summed E-state index contributed by atoms with van der Waals surface area (Å²) in [6.07, 6.45) is 0. The van der Waals surface area contributed by atoms with Gasteiger partial charge in [-0.2, -0.15) is 0 Å². The van der Waals surface area contributed by atoms with Crippen LogP contribution in [-0.2, 0) is 19.5 Å². The minimum absolute atomic E-state index is 0.0277. The fourth-order valence-corrected chi connectivity index (χ4v) is 3.54.